The van der Waals surface area contributed by atoms with Gasteiger partial charge in [-0.05, 0) is 51.2 Å². The van der Waals surface area contributed by atoms with E-state index in [-0.39, 0.29) is 17.7 Å². The van der Waals surface area contributed by atoms with Crippen LogP contribution in [0.4, 0.5) is 4.79 Å². The number of piperidine rings is 1. The highest BCUT2D eigenvalue weighted by molar-refractivity contribution is 6.21. The number of aromatic amines is 1. The molecule has 0 unspecified atom stereocenters. The van der Waals surface area contributed by atoms with Crippen LogP contribution in [0.1, 0.15) is 24.0 Å². The van der Waals surface area contributed by atoms with Gasteiger partial charge in [0.15, 0.2) is 5.88 Å². The molecule has 0 saturated carbocycles. The van der Waals surface area contributed by atoms with E-state index in [9.17, 15) is 9.90 Å². The van der Waals surface area contributed by atoms with Gasteiger partial charge in [0.25, 0.3) is 0 Å². The van der Waals surface area contributed by atoms with Gasteiger partial charge in [0.05, 0.1) is 17.3 Å². The monoisotopic (exact) mass is 393 g/mol. The van der Waals surface area contributed by atoms with E-state index in [1.54, 1.807) is 18.2 Å². The zero-order valence-corrected chi connectivity index (χ0v) is 16.1. The summed E-state index contributed by atoms with van der Waals surface area (Å²) in [6, 6.07) is 14.7. The fourth-order valence-corrected chi connectivity index (χ4v) is 3.75. The Labute approximate surface area is 168 Å². The van der Waals surface area contributed by atoms with Gasteiger partial charge in [0, 0.05) is 16.5 Å². The Hall–Kier alpha value is -3.32. The van der Waals surface area contributed by atoms with E-state index in [0.717, 1.165) is 31.5 Å². The van der Waals surface area contributed by atoms with Crippen LogP contribution in [0.5, 0.6) is 11.6 Å². The van der Waals surface area contributed by atoms with Crippen LogP contribution in [-0.4, -0.2) is 58.1 Å². The maximum Gasteiger partial charge on any atom is 0.511 e. The number of rotatable bonds is 4. The number of likely N-dealkylation sites (tertiary alicyclic amines) is 1. The van der Waals surface area contributed by atoms with E-state index >= 15 is 0 Å². The number of aliphatic imine (C=N–C) groups is 1. The quantitative estimate of drug-likeness (QED) is 0.355. The van der Waals surface area contributed by atoms with Crippen molar-refractivity contribution in [2.24, 2.45) is 4.99 Å². The van der Waals surface area contributed by atoms with Crippen LogP contribution in [0.25, 0.3) is 10.9 Å². The molecule has 1 aromatic heterocycles. The van der Waals surface area contributed by atoms with Crippen LogP contribution in [-0.2, 0) is 0 Å². The fraction of sp³-hybridized carbons (Fsp3) is 0.273. The number of H-pyrrole nitrogens is 1. The highest BCUT2D eigenvalue weighted by atomic mass is 16.7. The van der Waals surface area contributed by atoms with Crippen molar-refractivity contribution in [3.05, 3.63) is 59.7 Å². The fourth-order valence-electron chi connectivity index (χ4n) is 3.75. The molecule has 0 amide bonds. The molecule has 0 radical (unpaired) electrons. The minimum atomic E-state index is -1.38. The minimum absolute atomic E-state index is 0.00278. The van der Waals surface area contributed by atoms with E-state index < -0.39 is 6.16 Å². The van der Waals surface area contributed by atoms with E-state index in [4.69, 9.17) is 14.8 Å². The second kappa shape index (κ2) is 7.97. The predicted molar refractivity (Wildman–Crippen MR) is 111 cm³/mol. The first-order valence-electron chi connectivity index (χ1n) is 9.59. The first-order chi connectivity index (χ1) is 14.0. The molecule has 29 heavy (non-hydrogen) atoms. The van der Waals surface area contributed by atoms with Crippen molar-refractivity contribution in [3.8, 4) is 11.6 Å². The molecule has 3 N–H and O–H groups in total. The van der Waals surface area contributed by atoms with Gasteiger partial charge in [0.2, 0.25) is 0 Å². The van der Waals surface area contributed by atoms with Crippen LogP contribution >= 0.6 is 0 Å². The van der Waals surface area contributed by atoms with Gasteiger partial charge >= 0.3 is 6.16 Å². The average Bonchev–Trinajstić information content (AvgIpc) is 3.03. The summed E-state index contributed by atoms with van der Waals surface area (Å²) < 4.78 is 4.81. The third-order valence-electron chi connectivity index (χ3n) is 5.24. The van der Waals surface area contributed by atoms with E-state index in [1.165, 1.54) is 0 Å². The Bertz CT molecular complexity index is 1050. The zero-order chi connectivity index (χ0) is 20.4. The molecule has 7 heteroatoms. The van der Waals surface area contributed by atoms with Crippen LogP contribution in [0.2, 0.25) is 0 Å². The van der Waals surface area contributed by atoms with E-state index in [1.807, 2.05) is 30.3 Å². The lowest BCUT2D eigenvalue weighted by atomic mass is 9.99. The maximum absolute atomic E-state index is 10.9. The molecule has 2 heterocycles. The Balaban J connectivity index is 1.85. The molecule has 150 valence electrons. The lowest BCUT2D eigenvalue weighted by Gasteiger charge is -2.27. The van der Waals surface area contributed by atoms with Crippen molar-refractivity contribution in [3.63, 3.8) is 0 Å². The number of aromatic nitrogens is 1. The highest BCUT2D eigenvalue weighted by Crippen LogP contribution is 2.33. The Kier molecular flexibility index (Phi) is 5.22. The molecule has 1 aliphatic heterocycles. The molecule has 7 nitrogen and oxygen atoms in total. The van der Waals surface area contributed by atoms with Gasteiger partial charge in [0.1, 0.15) is 5.75 Å². The van der Waals surface area contributed by atoms with Crippen molar-refractivity contribution in [2.45, 2.75) is 18.9 Å². The molecule has 3 aromatic rings. The van der Waals surface area contributed by atoms with Crippen molar-refractivity contribution in [2.75, 3.05) is 20.1 Å². The molecule has 1 saturated heterocycles. The first-order valence-corrected chi connectivity index (χ1v) is 9.59. The molecule has 0 aliphatic carbocycles. The summed E-state index contributed by atoms with van der Waals surface area (Å²) in [5, 5.41) is 20.3. The zero-order valence-electron chi connectivity index (χ0n) is 16.1. The average molecular weight is 393 g/mol. The summed E-state index contributed by atoms with van der Waals surface area (Å²) in [6.45, 7) is 1.96. The Morgan fingerprint density at radius 1 is 1.17 bits per heavy atom. The number of aromatic hydroxyl groups is 1. The molecule has 2 aromatic carbocycles. The van der Waals surface area contributed by atoms with Gasteiger partial charge in [-0.2, -0.15) is 0 Å². The number of nitrogens with zero attached hydrogens (tertiary/aromatic N) is 2. The van der Waals surface area contributed by atoms with Gasteiger partial charge in [-0.1, -0.05) is 30.3 Å². The number of benzene rings is 2. The second-order valence-electron chi connectivity index (χ2n) is 7.30. The minimum Gasteiger partial charge on any atom is -0.494 e. The number of hydrogen-bond donors (Lipinski definition) is 3. The molecule has 0 spiro atoms. The van der Waals surface area contributed by atoms with Gasteiger partial charge in [-0.25, -0.2) is 4.79 Å². The Morgan fingerprint density at radius 3 is 2.59 bits per heavy atom. The summed E-state index contributed by atoms with van der Waals surface area (Å²) in [5.74, 6) is 0.194. The molecule has 1 fully saturated rings. The number of carboxylic acid groups (broad SMARTS) is 1. The summed E-state index contributed by atoms with van der Waals surface area (Å²) in [6.07, 6.45) is 0.515. The predicted octanol–water partition coefficient (Wildman–Crippen LogP) is 3.86. The summed E-state index contributed by atoms with van der Waals surface area (Å²) >= 11 is 0. The van der Waals surface area contributed by atoms with Gasteiger partial charge < -0.3 is 24.8 Å². The second-order valence-corrected chi connectivity index (χ2v) is 7.30. The number of nitrogens with one attached hydrogen (secondary N) is 1. The van der Waals surface area contributed by atoms with E-state index in [0.29, 0.717) is 22.2 Å². The summed E-state index contributed by atoms with van der Waals surface area (Å²) in [5.41, 5.74) is 2.83. The number of hydrogen-bond acceptors (Lipinski definition) is 5. The maximum atomic E-state index is 10.9. The third-order valence-corrected chi connectivity index (χ3v) is 5.24. The van der Waals surface area contributed by atoms with Crippen LogP contribution in [0.15, 0.2) is 53.5 Å². The lowest BCUT2D eigenvalue weighted by Crippen LogP contribution is -2.32. The third kappa shape index (κ3) is 4.09. The largest absolute Gasteiger partial charge is 0.511 e. The topological polar surface area (TPSA) is 98.1 Å². The highest BCUT2D eigenvalue weighted by Gasteiger charge is 2.22. The molecule has 1 aliphatic rings. The Morgan fingerprint density at radius 2 is 1.90 bits per heavy atom. The molecule has 0 bridgehead atoms. The molecular weight excluding hydrogens is 370 g/mol. The standard InChI is InChI=1S/C22H23N3O4/c1-25-11-9-15(10-12-25)23-20(14-5-3-2-4-6-14)19-17-13-16(29-22(27)28)7-8-18(17)24-21(19)26/h2-8,13,15,24,26H,9-12H2,1H3,(H,27,28). The van der Waals surface area contributed by atoms with Gasteiger partial charge in [-0.15, -0.1) is 0 Å². The van der Waals surface area contributed by atoms with Crippen molar-refractivity contribution in [1.82, 2.24) is 9.88 Å². The number of ether oxygens (including phenoxy) is 1. The molecule has 0 atom stereocenters. The van der Waals surface area contributed by atoms with Crippen LogP contribution in [0.3, 0.4) is 0 Å². The normalized spacial score (nSPS) is 16.2. The van der Waals surface area contributed by atoms with Crippen molar-refractivity contribution in [1.29, 1.82) is 0 Å². The molecule has 4 rings (SSSR count). The summed E-state index contributed by atoms with van der Waals surface area (Å²) in [7, 11) is 2.10. The van der Waals surface area contributed by atoms with Crippen molar-refractivity contribution >= 4 is 22.8 Å². The van der Waals surface area contributed by atoms with Crippen LogP contribution in [0, 0.1) is 0 Å². The SMILES string of the molecule is CN1CCC(N=C(c2ccccc2)c2c(O)[nH]c3ccc(OC(=O)O)cc23)CC1. The van der Waals surface area contributed by atoms with Crippen LogP contribution < -0.4 is 4.74 Å². The first kappa shape index (κ1) is 19.0. The van der Waals surface area contributed by atoms with Gasteiger partial charge in [-0.3, -0.25) is 4.99 Å². The summed E-state index contributed by atoms with van der Waals surface area (Å²) in [4.78, 5) is 21.2. The lowest BCUT2D eigenvalue weighted by molar-refractivity contribution is 0.144. The smallest absolute Gasteiger partial charge is 0.494 e. The van der Waals surface area contributed by atoms with Crippen molar-refractivity contribution < 1.29 is 19.7 Å². The van der Waals surface area contributed by atoms with E-state index in [2.05, 4.69) is 16.9 Å². The number of fused-ring (bicyclic) bond motifs is 1. The molecular formula is C22H23N3O4. The number of carbonyl (C=O) groups is 1.